The van der Waals surface area contributed by atoms with E-state index < -0.39 is 20.6 Å². The summed E-state index contributed by atoms with van der Waals surface area (Å²) in [5.41, 5.74) is 5.50. The number of carbonyl (C=O) groups is 1. The highest BCUT2D eigenvalue weighted by molar-refractivity contribution is 7.92. The maximum Gasteiger partial charge on any atom is 0.341 e. The Hall–Kier alpha value is -1.76. The molecule has 0 spiro atoms. The van der Waals surface area contributed by atoms with Crippen molar-refractivity contribution < 1.29 is 23.1 Å². The molecule has 7 heteroatoms. The van der Waals surface area contributed by atoms with Crippen molar-refractivity contribution in [2.75, 3.05) is 18.1 Å². The van der Waals surface area contributed by atoms with Gasteiger partial charge < -0.3 is 15.6 Å². The van der Waals surface area contributed by atoms with Gasteiger partial charge in [0.05, 0.1) is 10.5 Å². The molecule has 0 aliphatic heterocycles. The normalized spacial score (nSPS) is 12.2. The molecule has 3 N–H and O–H groups in total. The van der Waals surface area contributed by atoms with Crippen molar-refractivity contribution in [2.45, 2.75) is 25.5 Å². The average molecular weight is 301 g/mol. The van der Waals surface area contributed by atoms with E-state index >= 15 is 0 Å². The third-order valence-corrected chi connectivity index (χ3v) is 5.39. The molecule has 0 atom stereocenters. The first-order chi connectivity index (χ1) is 9.06. The van der Waals surface area contributed by atoms with Crippen LogP contribution in [0.3, 0.4) is 0 Å². The first-order valence-electron chi connectivity index (χ1n) is 6.03. The number of nitrogens with two attached hydrogens (primary N) is 1. The topological polar surface area (TPSA) is 107 Å². The van der Waals surface area contributed by atoms with E-state index in [1.54, 1.807) is 26.8 Å². The van der Waals surface area contributed by atoms with Crippen LogP contribution >= 0.6 is 0 Å². The van der Waals surface area contributed by atoms with Crippen molar-refractivity contribution in [2.24, 2.45) is 0 Å². The molecule has 0 bridgehead atoms. The van der Waals surface area contributed by atoms with E-state index in [0.717, 1.165) is 0 Å². The lowest BCUT2D eigenvalue weighted by Crippen LogP contribution is -2.32. The van der Waals surface area contributed by atoms with Gasteiger partial charge >= 0.3 is 5.97 Å². The minimum Gasteiger partial charge on any atom is -0.492 e. The van der Waals surface area contributed by atoms with Gasteiger partial charge in [-0.2, -0.15) is 0 Å². The van der Waals surface area contributed by atoms with Gasteiger partial charge in [0.25, 0.3) is 0 Å². The lowest BCUT2D eigenvalue weighted by molar-refractivity contribution is 0.0694. The van der Waals surface area contributed by atoms with E-state index in [2.05, 4.69) is 0 Å². The molecule has 20 heavy (non-hydrogen) atoms. The zero-order valence-corrected chi connectivity index (χ0v) is 12.5. The minimum absolute atomic E-state index is 0.0709. The Morgan fingerprint density at radius 2 is 1.95 bits per heavy atom. The summed E-state index contributed by atoms with van der Waals surface area (Å²) in [6, 6.07) is 4.45. The molecule has 1 aromatic carbocycles. The third kappa shape index (κ3) is 3.63. The number of ether oxygens (including phenoxy) is 1. The summed E-state index contributed by atoms with van der Waals surface area (Å²) in [4.78, 5) is 11.1. The number of nitrogen functional groups attached to an aromatic ring is 1. The van der Waals surface area contributed by atoms with E-state index in [0.29, 0.717) is 0 Å². The first kappa shape index (κ1) is 16.3. The molecule has 0 amide bonds. The number of sulfone groups is 1. The van der Waals surface area contributed by atoms with E-state index in [1.165, 1.54) is 12.1 Å². The fraction of sp³-hybridized carbons (Fsp3) is 0.462. The molecule has 0 aliphatic carbocycles. The van der Waals surface area contributed by atoms with Crippen LogP contribution in [0.15, 0.2) is 18.2 Å². The molecule has 0 heterocycles. The maximum absolute atomic E-state index is 11.9. The number of carboxylic acid groups (broad SMARTS) is 1. The molecule has 0 aromatic heterocycles. The highest BCUT2D eigenvalue weighted by atomic mass is 32.2. The summed E-state index contributed by atoms with van der Waals surface area (Å²) in [6.45, 7) is 4.69. The van der Waals surface area contributed by atoms with Gasteiger partial charge in [-0.1, -0.05) is 6.07 Å². The van der Waals surface area contributed by atoms with Crippen molar-refractivity contribution in [3.05, 3.63) is 23.8 Å². The van der Waals surface area contributed by atoms with Crippen LogP contribution in [0.5, 0.6) is 5.75 Å². The molecule has 112 valence electrons. The number of carboxylic acids is 1. The fourth-order valence-corrected chi connectivity index (χ4v) is 2.38. The molecular weight excluding hydrogens is 282 g/mol. The maximum atomic E-state index is 11.9. The SMILES string of the molecule is CC(C)(C)S(=O)(=O)CCOc1cccc(N)c1C(=O)O. The van der Waals surface area contributed by atoms with E-state index in [9.17, 15) is 13.2 Å². The summed E-state index contributed by atoms with van der Waals surface area (Å²) in [6.07, 6.45) is 0. The quantitative estimate of drug-likeness (QED) is 0.799. The number of rotatable bonds is 5. The zero-order chi connectivity index (χ0) is 15.6. The first-order valence-corrected chi connectivity index (χ1v) is 7.68. The van der Waals surface area contributed by atoms with Crippen molar-refractivity contribution in [3.8, 4) is 5.75 Å². The van der Waals surface area contributed by atoms with Gasteiger partial charge in [0.2, 0.25) is 0 Å². The van der Waals surface area contributed by atoms with Gasteiger partial charge in [-0.15, -0.1) is 0 Å². The van der Waals surface area contributed by atoms with Crippen molar-refractivity contribution in [1.82, 2.24) is 0 Å². The van der Waals surface area contributed by atoms with E-state index in [4.69, 9.17) is 15.6 Å². The molecule has 0 fully saturated rings. The smallest absolute Gasteiger partial charge is 0.341 e. The van der Waals surface area contributed by atoms with Crippen LogP contribution in [0.25, 0.3) is 0 Å². The lowest BCUT2D eigenvalue weighted by Gasteiger charge is -2.19. The Bertz CT molecular complexity index is 602. The molecular formula is C13H19NO5S. The molecule has 6 nitrogen and oxygen atoms in total. The molecule has 0 aliphatic rings. The molecule has 0 saturated carbocycles. The van der Waals surface area contributed by atoms with Crippen LogP contribution in [-0.4, -0.2) is 36.6 Å². The van der Waals surface area contributed by atoms with Crippen LogP contribution < -0.4 is 10.5 Å². The largest absolute Gasteiger partial charge is 0.492 e. The summed E-state index contributed by atoms with van der Waals surface area (Å²) in [7, 11) is -3.31. The highest BCUT2D eigenvalue weighted by Crippen LogP contribution is 2.24. The standard InChI is InChI=1S/C13H19NO5S/c1-13(2,3)20(17,18)8-7-19-10-6-4-5-9(14)11(10)12(15)16/h4-6H,7-8,14H2,1-3H3,(H,15,16). The third-order valence-electron chi connectivity index (χ3n) is 2.81. The Balaban J connectivity index is 2.83. The number of hydrogen-bond acceptors (Lipinski definition) is 5. The summed E-state index contributed by atoms with van der Waals surface area (Å²) in [5.74, 6) is -1.33. The van der Waals surface area contributed by atoms with Crippen molar-refractivity contribution in [1.29, 1.82) is 0 Å². The zero-order valence-electron chi connectivity index (χ0n) is 11.7. The van der Waals surface area contributed by atoms with Crippen LogP contribution in [0.4, 0.5) is 5.69 Å². The lowest BCUT2D eigenvalue weighted by atomic mass is 10.1. The molecule has 0 unspecified atom stereocenters. The Morgan fingerprint density at radius 3 is 2.45 bits per heavy atom. The van der Waals surface area contributed by atoms with E-state index in [-0.39, 0.29) is 29.4 Å². The van der Waals surface area contributed by atoms with Gasteiger partial charge in [-0.3, -0.25) is 0 Å². The molecule has 1 rings (SSSR count). The average Bonchev–Trinajstić information content (AvgIpc) is 2.26. The van der Waals surface area contributed by atoms with E-state index in [1.807, 2.05) is 0 Å². The van der Waals surface area contributed by atoms with Crippen LogP contribution in [-0.2, 0) is 9.84 Å². The number of hydrogen-bond donors (Lipinski definition) is 2. The second-order valence-corrected chi connectivity index (χ2v) is 8.17. The molecule has 0 saturated heterocycles. The Labute approximate surface area is 118 Å². The molecule has 1 aromatic rings. The predicted octanol–water partition coefficient (Wildman–Crippen LogP) is 1.56. The fourth-order valence-electron chi connectivity index (χ4n) is 1.46. The summed E-state index contributed by atoms with van der Waals surface area (Å²) < 4.78 is 28.2. The molecule has 0 radical (unpaired) electrons. The van der Waals surface area contributed by atoms with Gasteiger partial charge in [0, 0.05) is 5.69 Å². The van der Waals surface area contributed by atoms with Crippen molar-refractivity contribution >= 4 is 21.5 Å². The Morgan fingerprint density at radius 1 is 1.35 bits per heavy atom. The van der Waals surface area contributed by atoms with Crippen LogP contribution in [0, 0.1) is 0 Å². The second-order valence-electron chi connectivity index (χ2n) is 5.31. The monoisotopic (exact) mass is 301 g/mol. The minimum atomic E-state index is -3.31. The second kappa shape index (κ2) is 5.70. The number of aromatic carboxylic acids is 1. The van der Waals surface area contributed by atoms with Gasteiger partial charge in [-0.05, 0) is 32.9 Å². The Kier molecular flexibility index (Phi) is 4.65. The number of benzene rings is 1. The van der Waals surface area contributed by atoms with Gasteiger partial charge in [0.15, 0.2) is 9.84 Å². The van der Waals surface area contributed by atoms with Gasteiger partial charge in [0.1, 0.15) is 17.9 Å². The van der Waals surface area contributed by atoms with Crippen LogP contribution in [0.2, 0.25) is 0 Å². The summed E-state index contributed by atoms with van der Waals surface area (Å²) >= 11 is 0. The van der Waals surface area contributed by atoms with Crippen molar-refractivity contribution in [3.63, 3.8) is 0 Å². The predicted molar refractivity (Wildman–Crippen MR) is 76.8 cm³/mol. The highest BCUT2D eigenvalue weighted by Gasteiger charge is 2.28. The number of anilines is 1. The van der Waals surface area contributed by atoms with Gasteiger partial charge in [-0.25, -0.2) is 13.2 Å². The summed E-state index contributed by atoms with van der Waals surface area (Å²) in [5, 5.41) is 9.06. The van der Waals surface area contributed by atoms with Crippen LogP contribution in [0.1, 0.15) is 31.1 Å².